The number of aromatic nitrogens is 4. The number of thiazole rings is 1. The third-order valence-corrected chi connectivity index (χ3v) is 6.53. The molecule has 1 aliphatic heterocycles. The van der Waals surface area contributed by atoms with Gasteiger partial charge in [0, 0.05) is 17.7 Å². The van der Waals surface area contributed by atoms with Gasteiger partial charge in [-0.1, -0.05) is 42.1 Å². The number of thioether (sulfide) groups is 1. The normalized spacial score (nSPS) is 16.2. The van der Waals surface area contributed by atoms with Crippen LogP contribution in [0.25, 0.3) is 0 Å². The molecule has 29 heavy (non-hydrogen) atoms. The first-order valence-electron chi connectivity index (χ1n) is 9.60. The first-order chi connectivity index (χ1) is 14.2. The number of benzene rings is 1. The molecule has 0 saturated carbocycles. The third kappa shape index (κ3) is 5.23. The number of carbonyl (C=O) groups excluding carboxylic acids is 1. The molecule has 3 heterocycles. The van der Waals surface area contributed by atoms with Crippen molar-refractivity contribution in [1.82, 2.24) is 25.1 Å². The van der Waals surface area contributed by atoms with E-state index in [-0.39, 0.29) is 12.0 Å². The molecule has 1 N–H and O–H groups in total. The summed E-state index contributed by atoms with van der Waals surface area (Å²) >= 11 is 3.12. The van der Waals surface area contributed by atoms with Crippen molar-refractivity contribution in [2.45, 2.75) is 44.1 Å². The summed E-state index contributed by atoms with van der Waals surface area (Å²) in [4.78, 5) is 16.6. The van der Waals surface area contributed by atoms with Crippen molar-refractivity contribution in [1.29, 1.82) is 0 Å². The van der Waals surface area contributed by atoms with E-state index in [9.17, 15) is 4.79 Å². The van der Waals surface area contributed by atoms with Crippen molar-refractivity contribution in [3.8, 4) is 0 Å². The summed E-state index contributed by atoms with van der Waals surface area (Å²) < 4.78 is 7.80. The summed E-state index contributed by atoms with van der Waals surface area (Å²) in [6.07, 6.45) is 2.49. The van der Waals surface area contributed by atoms with E-state index in [1.165, 1.54) is 11.3 Å². The molecule has 3 aromatic rings. The largest absolute Gasteiger partial charge is 0.377 e. The van der Waals surface area contributed by atoms with Crippen molar-refractivity contribution in [3.05, 3.63) is 57.8 Å². The molecular formula is C20H23N5O2S2. The highest BCUT2D eigenvalue weighted by atomic mass is 32.2. The van der Waals surface area contributed by atoms with Gasteiger partial charge in [0.15, 0.2) is 11.0 Å². The number of rotatable bonds is 8. The summed E-state index contributed by atoms with van der Waals surface area (Å²) in [5.41, 5.74) is 1.60. The van der Waals surface area contributed by atoms with Gasteiger partial charge < -0.3 is 14.6 Å². The topological polar surface area (TPSA) is 81.9 Å². The molecule has 1 aromatic carbocycles. The first kappa shape index (κ1) is 20.1. The summed E-state index contributed by atoms with van der Waals surface area (Å²) in [7, 11) is 0. The molecule has 1 fully saturated rings. The lowest BCUT2D eigenvalue weighted by molar-refractivity contribution is 0.0945. The zero-order valence-corrected chi connectivity index (χ0v) is 17.8. The minimum Gasteiger partial charge on any atom is -0.377 e. The lowest BCUT2D eigenvalue weighted by Gasteiger charge is -2.12. The van der Waals surface area contributed by atoms with Crippen LogP contribution >= 0.6 is 23.1 Å². The number of nitrogens with one attached hydrogen (secondary N) is 1. The monoisotopic (exact) mass is 429 g/mol. The van der Waals surface area contributed by atoms with Gasteiger partial charge in [0.1, 0.15) is 5.69 Å². The standard InChI is InChI=1S/C20H23N5O2S2/c1-14-22-17(13-28-14)19(26)21-10-18-23-24-20(29-12-16-8-5-9-27-16)25(18)11-15-6-3-2-4-7-15/h2-4,6-7,13,16H,5,8-12H2,1H3,(H,21,26)/t16-/m0/s1. The quantitative estimate of drug-likeness (QED) is 0.554. The van der Waals surface area contributed by atoms with Crippen LogP contribution in [0.4, 0.5) is 0 Å². The first-order valence-corrected chi connectivity index (χ1v) is 11.5. The van der Waals surface area contributed by atoms with Crippen LogP contribution in [0.1, 0.15) is 39.7 Å². The van der Waals surface area contributed by atoms with E-state index in [4.69, 9.17) is 4.74 Å². The molecule has 1 atom stereocenters. The Bertz CT molecular complexity index is 951. The average molecular weight is 430 g/mol. The van der Waals surface area contributed by atoms with Gasteiger partial charge in [-0.3, -0.25) is 4.79 Å². The molecule has 0 radical (unpaired) electrons. The molecule has 0 spiro atoms. The molecule has 0 bridgehead atoms. The van der Waals surface area contributed by atoms with E-state index in [1.807, 2.05) is 25.1 Å². The second-order valence-electron chi connectivity index (χ2n) is 6.85. The van der Waals surface area contributed by atoms with Crippen molar-refractivity contribution in [2.24, 2.45) is 0 Å². The number of carbonyl (C=O) groups is 1. The third-order valence-electron chi connectivity index (χ3n) is 4.66. The van der Waals surface area contributed by atoms with Crippen LogP contribution in [-0.2, 0) is 17.8 Å². The maximum absolute atomic E-state index is 12.4. The van der Waals surface area contributed by atoms with E-state index >= 15 is 0 Å². The minimum atomic E-state index is -0.197. The predicted octanol–water partition coefficient (Wildman–Crippen LogP) is 3.29. The molecule has 1 amide bonds. The highest BCUT2D eigenvalue weighted by Gasteiger charge is 2.20. The van der Waals surface area contributed by atoms with Gasteiger partial charge in [-0.05, 0) is 25.3 Å². The number of ether oxygens (including phenoxy) is 1. The van der Waals surface area contributed by atoms with Crippen LogP contribution in [0.2, 0.25) is 0 Å². The van der Waals surface area contributed by atoms with Gasteiger partial charge in [0.2, 0.25) is 0 Å². The molecule has 0 unspecified atom stereocenters. The van der Waals surface area contributed by atoms with Gasteiger partial charge in [-0.2, -0.15) is 0 Å². The fraction of sp³-hybridized carbons (Fsp3) is 0.400. The zero-order chi connectivity index (χ0) is 20.1. The Hall–Kier alpha value is -2.23. The van der Waals surface area contributed by atoms with Crippen molar-refractivity contribution >= 4 is 29.0 Å². The second kappa shape index (κ2) is 9.51. The second-order valence-corrected chi connectivity index (χ2v) is 8.90. The van der Waals surface area contributed by atoms with Gasteiger partial charge in [0.25, 0.3) is 5.91 Å². The minimum absolute atomic E-state index is 0.197. The fourth-order valence-electron chi connectivity index (χ4n) is 3.14. The number of hydrogen-bond donors (Lipinski definition) is 1. The Morgan fingerprint density at radius 2 is 2.21 bits per heavy atom. The molecule has 2 aromatic heterocycles. The Kier molecular flexibility index (Phi) is 6.58. The number of amides is 1. The smallest absolute Gasteiger partial charge is 0.271 e. The van der Waals surface area contributed by atoms with Crippen LogP contribution in [0.3, 0.4) is 0 Å². The molecule has 1 aliphatic rings. The number of aryl methyl sites for hydroxylation is 1. The Morgan fingerprint density at radius 3 is 2.93 bits per heavy atom. The summed E-state index contributed by atoms with van der Waals surface area (Å²) in [6.45, 7) is 3.68. The molecule has 7 nitrogen and oxygen atoms in total. The Balaban J connectivity index is 1.48. The van der Waals surface area contributed by atoms with Crippen LogP contribution < -0.4 is 5.32 Å². The van der Waals surface area contributed by atoms with Crippen LogP contribution in [0, 0.1) is 6.92 Å². The maximum atomic E-state index is 12.4. The van der Waals surface area contributed by atoms with E-state index in [2.05, 4.69) is 37.2 Å². The van der Waals surface area contributed by atoms with Crippen LogP contribution in [0.15, 0.2) is 40.9 Å². The van der Waals surface area contributed by atoms with Crippen molar-refractivity contribution in [3.63, 3.8) is 0 Å². The maximum Gasteiger partial charge on any atom is 0.271 e. The molecule has 152 valence electrons. The molecular weight excluding hydrogens is 406 g/mol. The SMILES string of the molecule is Cc1nc(C(=O)NCc2nnc(SC[C@@H]3CCCO3)n2Cc2ccccc2)cs1. The number of nitrogens with zero attached hydrogens (tertiary/aromatic N) is 4. The van der Waals surface area contributed by atoms with E-state index in [0.717, 1.165) is 46.8 Å². The van der Waals surface area contributed by atoms with Crippen LogP contribution in [0.5, 0.6) is 0 Å². The van der Waals surface area contributed by atoms with Gasteiger partial charge in [0.05, 0.1) is 24.2 Å². The van der Waals surface area contributed by atoms with Crippen molar-refractivity contribution in [2.75, 3.05) is 12.4 Å². The molecule has 0 aliphatic carbocycles. The summed E-state index contributed by atoms with van der Waals surface area (Å²) in [6, 6.07) is 10.2. The van der Waals surface area contributed by atoms with Gasteiger partial charge >= 0.3 is 0 Å². The summed E-state index contributed by atoms with van der Waals surface area (Å²) in [5.74, 6) is 1.39. The van der Waals surface area contributed by atoms with Gasteiger partial charge in [-0.15, -0.1) is 21.5 Å². The lowest BCUT2D eigenvalue weighted by atomic mass is 10.2. The van der Waals surface area contributed by atoms with E-state index < -0.39 is 0 Å². The molecule has 4 rings (SSSR count). The predicted molar refractivity (Wildman–Crippen MR) is 113 cm³/mol. The average Bonchev–Trinajstić information content (AvgIpc) is 3.48. The van der Waals surface area contributed by atoms with Gasteiger partial charge in [-0.25, -0.2) is 4.98 Å². The molecule has 9 heteroatoms. The summed E-state index contributed by atoms with van der Waals surface area (Å²) in [5, 5.41) is 15.1. The number of hydrogen-bond acceptors (Lipinski definition) is 7. The van der Waals surface area contributed by atoms with E-state index in [1.54, 1.807) is 17.1 Å². The Labute approximate surface area is 177 Å². The highest BCUT2D eigenvalue weighted by molar-refractivity contribution is 7.99. The van der Waals surface area contributed by atoms with Crippen LogP contribution in [-0.4, -0.2) is 44.1 Å². The highest BCUT2D eigenvalue weighted by Crippen LogP contribution is 2.24. The van der Waals surface area contributed by atoms with Crippen molar-refractivity contribution < 1.29 is 9.53 Å². The fourth-order valence-corrected chi connectivity index (χ4v) is 4.76. The lowest BCUT2D eigenvalue weighted by Crippen LogP contribution is -2.25. The Morgan fingerprint density at radius 1 is 1.34 bits per heavy atom. The molecule has 1 saturated heterocycles. The van der Waals surface area contributed by atoms with E-state index in [0.29, 0.717) is 18.8 Å². The zero-order valence-electron chi connectivity index (χ0n) is 16.2.